The number of nitrogen functional groups attached to an aromatic ring is 1. The molecule has 0 amide bonds. The maximum Gasteiger partial charge on any atom is 0.214 e. The summed E-state index contributed by atoms with van der Waals surface area (Å²) in [6, 6.07) is 7.46. The van der Waals surface area contributed by atoms with E-state index in [0.29, 0.717) is 25.3 Å². The molecule has 5 nitrogen and oxygen atoms in total. The van der Waals surface area contributed by atoms with Gasteiger partial charge in [0, 0.05) is 18.8 Å². The van der Waals surface area contributed by atoms with Crippen molar-refractivity contribution in [2.75, 3.05) is 24.6 Å². The Morgan fingerprint density at radius 3 is 2.65 bits per heavy atom. The second kappa shape index (κ2) is 7.06. The number of sulfonamides is 1. The standard InChI is InChI=1S/C14H22N2O3S/c15-13-6-4-12(5-7-13)8-9-16-20(17,18)11-14-3-1-2-10-19-14/h4-7,14,16H,1-3,8-11,15H2. The molecule has 1 aromatic rings. The molecule has 112 valence electrons. The summed E-state index contributed by atoms with van der Waals surface area (Å²) in [5.74, 6) is 0.0642. The summed E-state index contributed by atoms with van der Waals surface area (Å²) in [6.45, 7) is 1.07. The van der Waals surface area contributed by atoms with Gasteiger partial charge in [-0.15, -0.1) is 0 Å². The SMILES string of the molecule is Nc1ccc(CCNS(=O)(=O)CC2CCCCO2)cc1. The van der Waals surface area contributed by atoms with Crippen molar-refractivity contribution in [1.29, 1.82) is 0 Å². The maximum atomic E-state index is 11.9. The van der Waals surface area contributed by atoms with E-state index in [0.717, 1.165) is 24.8 Å². The van der Waals surface area contributed by atoms with Crippen LogP contribution in [0, 0.1) is 0 Å². The van der Waals surface area contributed by atoms with E-state index in [9.17, 15) is 8.42 Å². The molecule has 1 atom stereocenters. The minimum Gasteiger partial charge on any atom is -0.399 e. The van der Waals surface area contributed by atoms with Crippen LogP contribution >= 0.6 is 0 Å². The summed E-state index contributed by atoms with van der Waals surface area (Å²) in [5.41, 5.74) is 7.38. The Balaban J connectivity index is 1.75. The van der Waals surface area contributed by atoms with E-state index in [1.54, 1.807) is 0 Å². The Labute approximate surface area is 120 Å². The third kappa shape index (κ3) is 5.11. The van der Waals surface area contributed by atoms with E-state index in [4.69, 9.17) is 10.5 Å². The molecule has 0 spiro atoms. The van der Waals surface area contributed by atoms with Gasteiger partial charge < -0.3 is 10.5 Å². The third-order valence-corrected chi connectivity index (χ3v) is 4.85. The van der Waals surface area contributed by atoms with E-state index < -0.39 is 10.0 Å². The lowest BCUT2D eigenvalue weighted by atomic mass is 10.1. The first-order valence-corrected chi connectivity index (χ1v) is 8.64. The first-order valence-electron chi connectivity index (χ1n) is 6.98. The molecule has 3 N–H and O–H groups in total. The number of nitrogens with one attached hydrogen (secondary N) is 1. The van der Waals surface area contributed by atoms with Crippen LogP contribution in [0.5, 0.6) is 0 Å². The van der Waals surface area contributed by atoms with E-state index in [-0.39, 0.29) is 11.9 Å². The van der Waals surface area contributed by atoms with Crippen LogP contribution in [0.3, 0.4) is 0 Å². The molecule has 1 fully saturated rings. The highest BCUT2D eigenvalue weighted by Crippen LogP contribution is 2.14. The zero-order valence-corrected chi connectivity index (χ0v) is 12.4. The minimum atomic E-state index is -3.26. The van der Waals surface area contributed by atoms with Crippen LogP contribution in [-0.4, -0.2) is 33.4 Å². The molecule has 0 radical (unpaired) electrons. The van der Waals surface area contributed by atoms with Crippen LogP contribution < -0.4 is 10.5 Å². The topological polar surface area (TPSA) is 81.4 Å². The lowest BCUT2D eigenvalue weighted by Crippen LogP contribution is -2.35. The first-order chi connectivity index (χ1) is 9.55. The van der Waals surface area contributed by atoms with Gasteiger partial charge in [0.2, 0.25) is 10.0 Å². The molecule has 6 heteroatoms. The lowest BCUT2D eigenvalue weighted by molar-refractivity contribution is 0.0304. The summed E-state index contributed by atoms with van der Waals surface area (Å²) in [5, 5.41) is 0. The summed E-state index contributed by atoms with van der Waals surface area (Å²) >= 11 is 0. The number of ether oxygens (including phenoxy) is 1. The molecule has 0 bridgehead atoms. The Morgan fingerprint density at radius 2 is 2.00 bits per heavy atom. The number of hydrogen-bond acceptors (Lipinski definition) is 4. The number of hydrogen-bond donors (Lipinski definition) is 2. The molecular formula is C14H22N2O3S. The van der Waals surface area contributed by atoms with Gasteiger partial charge in [0.05, 0.1) is 11.9 Å². The molecule has 1 saturated heterocycles. The molecule has 0 aromatic heterocycles. The predicted octanol–water partition coefficient (Wildman–Crippen LogP) is 1.30. The van der Waals surface area contributed by atoms with Crippen molar-refractivity contribution in [1.82, 2.24) is 4.72 Å². The Morgan fingerprint density at radius 1 is 1.25 bits per heavy atom. The van der Waals surface area contributed by atoms with E-state index in [2.05, 4.69) is 4.72 Å². The summed E-state index contributed by atoms with van der Waals surface area (Å²) in [4.78, 5) is 0. The van der Waals surface area contributed by atoms with Crippen molar-refractivity contribution in [3.05, 3.63) is 29.8 Å². The fourth-order valence-corrected chi connectivity index (χ4v) is 3.56. The third-order valence-electron chi connectivity index (χ3n) is 3.39. The van der Waals surface area contributed by atoms with Crippen molar-refractivity contribution in [2.45, 2.75) is 31.8 Å². The minimum absolute atomic E-state index is 0.0642. The molecule has 0 aliphatic carbocycles. The van der Waals surface area contributed by atoms with Crippen LogP contribution in [-0.2, 0) is 21.2 Å². The average Bonchev–Trinajstić information content (AvgIpc) is 2.41. The Kier molecular flexibility index (Phi) is 5.39. The van der Waals surface area contributed by atoms with Crippen molar-refractivity contribution in [2.24, 2.45) is 0 Å². The Bertz CT molecular complexity index is 508. The van der Waals surface area contributed by atoms with Crippen molar-refractivity contribution < 1.29 is 13.2 Å². The summed E-state index contributed by atoms with van der Waals surface area (Å²) in [6.07, 6.45) is 3.41. The van der Waals surface area contributed by atoms with Crippen LogP contribution in [0.15, 0.2) is 24.3 Å². The molecule has 1 unspecified atom stereocenters. The monoisotopic (exact) mass is 298 g/mol. The fraction of sp³-hybridized carbons (Fsp3) is 0.571. The van der Waals surface area contributed by atoms with E-state index in [1.807, 2.05) is 24.3 Å². The molecule has 2 rings (SSSR count). The van der Waals surface area contributed by atoms with E-state index in [1.165, 1.54) is 0 Å². The molecule has 20 heavy (non-hydrogen) atoms. The van der Waals surface area contributed by atoms with Gasteiger partial charge in [0.1, 0.15) is 0 Å². The zero-order chi connectivity index (χ0) is 14.4. The number of nitrogens with two attached hydrogens (primary N) is 1. The second-order valence-electron chi connectivity index (χ2n) is 5.16. The normalized spacial score (nSPS) is 19.9. The van der Waals surface area contributed by atoms with Crippen molar-refractivity contribution in [3.63, 3.8) is 0 Å². The maximum absolute atomic E-state index is 11.9. The smallest absolute Gasteiger partial charge is 0.214 e. The quantitative estimate of drug-likeness (QED) is 0.776. The molecular weight excluding hydrogens is 276 g/mol. The highest BCUT2D eigenvalue weighted by molar-refractivity contribution is 7.89. The van der Waals surface area contributed by atoms with Crippen LogP contribution in [0.25, 0.3) is 0 Å². The predicted molar refractivity (Wildman–Crippen MR) is 79.9 cm³/mol. The Hall–Kier alpha value is -1.11. The lowest BCUT2D eigenvalue weighted by Gasteiger charge is -2.22. The summed E-state index contributed by atoms with van der Waals surface area (Å²) in [7, 11) is -3.26. The van der Waals surface area contributed by atoms with Gasteiger partial charge in [-0.2, -0.15) is 0 Å². The largest absolute Gasteiger partial charge is 0.399 e. The van der Waals surface area contributed by atoms with Gasteiger partial charge in [0.25, 0.3) is 0 Å². The number of anilines is 1. The van der Waals surface area contributed by atoms with Gasteiger partial charge in [-0.25, -0.2) is 13.1 Å². The average molecular weight is 298 g/mol. The molecule has 1 aromatic carbocycles. The second-order valence-corrected chi connectivity index (χ2v) is 7.01. The van der Waals surface area contributed by atoms with Crippen LogP contribution in [0.4, 0.5) is 5.69 Å². The first kappa shape index (κ1) is 15.3. The van der Waals surface area contributed by atoms with E-state index >= 15 is 0 Å². The molecule has 1 aliphatic rings. The van der Waals surface area contributed by atoms with Crippen molar-refractivity contribution in [3.8, 4) is 0 Å². The van der Waals surface area contributed by atoms with Crippen LogP contribution in [0.1, 0.15) is 24.8 Å². The number of benzene rings is 1. The van der Waals surface area contributed by atoms with Gasteiger partial charge in [-0.3, -0.25) is 0 Å². The molecule has 1 aliphatic heterocycles. The molecule has 1 heterocycles. The van der Waals surface area contributed by atoms with Crippen LogP contribution in [0.2, 0.25) is 0 Å². The van der Waals surface area contributed by atoms with Gasteiger partial charge in [0.15, 0.2) is 0 Å². The fourth-order valence-electron chi connectivity index (χ4n) is 2.28. The number of rotatable bonds is 6. The highest BCUT2D eigenvalue weighted by atomic mass is 32.2. The van der Waals surface area contributed by atoms with Crippen molar-refractivity contribution >= 4 is 15.7 Å². The zero-order valence-electron chi connectivity index (χ0n) is 11.5. The highest BCUT2D eigenvalue weighted by Gasteiger charge is 2.21. The molecule has 0 saturated carbocycles. The van der Waals surface area contributed by atoms with Gasteiger partial charge >= 0.3 is 0 Å². The van der Waals surface area contributed by atoms with Gasteiger partial charge in [-0.1, -0.05) is 12.1 Å². The van der Waals surface area contributed by atoms with Gasteiger partial charge in [-0.05, 0) is 43.4 Å². The summed E-state index contributed by atoms with van der Waals surface area (Å²) < 4.78 is 32.0.